The van der Waals surface area contributed by atoms with E-state index in [1.807, 2.05) is 0 Å². The fourth-order valence-corrected chi connectivity index (χ4v) is 3.64. The molecular weight excluding hydrogens is 401 g/mol. The Kier molecular flexibility index (Phi) is 4.35. The molecule has 0 bridgehead atoms. The number of ether oxygens (including phenoxy) is 2. The van der Waals surface area contributed by atoms with Crippen LogP contribution >= 0.6 is 11.6 Å². The van der Waals surface area contributed by atoms with Gasteiger partial charge in [0.15, 0.2) is 11.5 Å². The molecule has 148 valence electrons. The van der Waals surface area contributed by atoms with Crippen molar-refractivity contribution in [2.24, 2.45) is 0 Å². The summed E-state index contributed by atoms with van der Waals surface area (Å²) in [6.45, 7) is 1.04. The molecule has 2 aliphatic rings. The first-order valence-electron chi connectivity index (χ1n) is 9.14. The van der Waals surface area contributed by atoms with Crippen molar-refractivity contribution in [3.63, 3.8) is 0 Å². The molecule has 29 heavy (non-hydrogen) atoms. The van der Waals surface area contributed by atoms with Gasteiger partial charge in [-0.15, -0.1) is 0 Å². The fourth-order valence-electron chi connectivity index (χ4n) is 3.38. The van der Waals surface area contributed by atoms with Crippen molar-refractivity contribution < 1.29 is 23.2 Å². The minimum Gasteiger partial charge on any atom is -0.489 e. The monoisotopic (exact) mass is 415 g/mol. The van der Waals surface area contributed by atoms with E-state index in [4.69, 9.17) is 25.6 Å². The first-order chi connectivity index (χ1) is 14.1. The lowest BCUT2D eigenvalue weighted by molar-refractivity contribution is -0.116. The number of carbonyl (C=O) groups is 1. The van der Waals surface area contributed by atoms with Crippen molar-refractivity contribution >= 4 is 23.2 Å². The number of nitrogens with one attached hydrogen (secondary N) is 1. The lowest BCUT2D eigenvalue weighted by Crippen LogP contribution is -2.19. The molecule has 2 aliphatic heterocycles. The lowest BCUT2D eigenvalue weighted by Gasteiger charge is -2.17. The summed E-state index contributed by atoms with van der Waals surface area (Å²) in [5, 5.41) is 7.01. The minimum atomic E-state index is -0.558. The number of hydrogen-bond donors (Lipinski definition) is 1. The lowest BCUT2D eigenvalue weighted by atomic mass is 10.00. The molecule has 0 atom stereocenters. The SMILES string of the molecule is O=C1CCc2cc(-c3nc(-c4cc(Cl)c5c(c4)OCCCO5)no3)c(F)cc2N1. The minimum absolute atomic E-state index is 0.0421. The Bertz CT molecular complexity index is 1130. The Balaban J connectivity index is 1.51. The molecule has 0 spiro atoms. The predicted molar refractivity (Wildman–Crippen MR) is 103 cm³/mol. The van der Waals surface area contributed by atoms with Gasteiger partial charge in [-0.25, -0.2) is 4.39 Å². The third-order valence-corrected chi connectivity index (χ3v) is 5.09. The predicted octanol–water partition coefficient (Wildman–Crippen LogP) is 4.24. The second kappa shape index (κ2) is 7.04. The van der Waals surface area contributed by atoms with Crippen molar-refractivity contribution in [1.82, 2.24) is 10.1 Å². The Morgan fingerprint density at radius 2 is 1.97 bits per heavy atom. The second-order valence-electron chi connectivity index (χ2n) is 6.80. The number of benzene rings is 2. The third kappa shape index (κ3) is 3.29. The number of carbonyl (C=O) groups excluding carboxylic acids is 1. The van der Waals surface area contributed by atoms with Gasteiger partial charge in [0.05, 0.1) is 23.8 Å². The molecule has 1 amide bonds. The van der Waals surface area contributed by atoms with Crippen LogP contribution in [-0.4, -0.2) is 29.3 Å². The summed E-state index contributed by atoms with van der Waals surface area (Å²) < 4.78 is 31.2. The number of anilines is 1. The molecule has 5 rings (SSSR count). The van der Waals surface area contributed by atoms with E-state index in [-0.39, 0.29) is 23.2 Å². The van der Waals surface area contributed by atoms with Crippen molar-refractivity contribution in [3.05, 3.63) is 40.7 Å². The molecule has 3 heterocycles. The van der Waals surface area contributed by atoms with Gasteiger partial charge >= 0.3 is 0 Å². The molecule has 7 nitrogen and oxygen atoms in total. The number of aromatic nitrogens is 2. The number of fused-ring (bicyclic) bond motifs is 2. The van der Waals surface area contributed by atoms with Gasteiger partial charge < -0.3 is 19.3 Å². The van der Waals surface area contributed by atoms with Crippen molar-refractivity contribution in [2.45, 2.75) is 19.3 Å². The first kappa shape index (κ1) is 17.9. The molecule has 0 aliphatic carbocycles. The van der Waals surface area contributed by atoms with E-state index < -0.39 is 5.82 Å². The highest BCUT2D eigenvalue weighted by atomic mass is 35.5. The van der Waals surface area contributed by atoms with E-state index in [2.05, 4.69) is 15.5 Å². The molecule has 9 heteroatoms. The van der Waals surface area contributed by atoms with Crippen LogP contribution < -0.4 is 14.8 Å². The van der Waals surface area contributed by atoms with Gasteiger partial charge in [-0.3, -0.25) is 4.79 Å². The molecule has 0 fully saturated rings. The molecule has 0 radical (unpaired) electrons. The van der Waals surface area contributed by atoms with Crippen LogP contribution in [0, 0.1) is 5.82 Å². The quantitative estimate of drug-likeness (QED) is 0.673. The molecule has 0 saturated heterocycles. The highest BCUT2D eigenvalue weighted by Crippen LogP contribution is 2.40. The van der Waals surface area contributed by atoms with Crippen molar-refractivity contribution in [1.29, 1.82) is 0 Å². The van der Waals surface area contributed by atoms with Crippen LogP contribution in [0.5, 0.6) is 11.5 Å². The molecule has 1 N–H and O–H groups in total. The molecule has 3 aromatic rings. The summed E-state index contributed by atoms with van der Waals surface area (Å²) in [6.07, 6.45) is 1.63. The van der Waals surface area contributed by atoms with E-state index >= 15 is 0 Å². The van der Waals surface area contributed by atoms with Gasteiger partial charge in [0, 0.05) is 24.1 Å². The van der Waals surface area contributed by atoms with Crippen molar-refractivity contribution in [2.75, 3.05) is 18.5 Å². The van der Waals surface area contributed by atoms with Gasteiger partial charge in [-0.1, -0.05) is 16.8 Å². The molecule has 0 saturated carbocycles. The highest BCUT2D eigenvalue weighted by Gasteiger charge is 2.23. The van der Waals surface area contributed by atoms with Crippen LogP contribution in [0.3, 0.4) is 0 Å². The first-order valence-corrected chi connectivity index (χ1v) is 9.52. The van der Waals surface area contributed by atoms with E-state index in [0.717, 1.165) is 12.0 Å². The number of hydrogen-bond acceptors (Lipinski definition) is 6. The summed E-state index contributed by atoms with van der Waals surface area (Å²) in [7, 11) is 0. The number of rotatable bonds is 2. The maximum atomic E-state index is 14.6. The molecular formula is C20H15ClFN3O4. The summed E-state index contributed by atoms with van der Waals surface area (Å²) in [4.78, 5) is 15.8. The average Bonchev–Trinajstić information content (AvgIpc) is 3.06. The Morgan fingerprint density at radius 3 is 2.86 bits per heavy atom. The zero-order valence-corrected chi connectivity index (χ0v) is 15.9. The van der Waals surface area contributed by atoms with Gasteiger partial charge in [-0.2, -0.15) is 4.98 Å². The second-order valence-corrected chi connectivity index (χ2v) is 7.20. The third-order valence-electron chi connectivity index (χ3n) is 4.81. The number of nitrogens with zero attached hydrogens (tertiary/aromatic N) is 2. The Hall–Kier alpha value is -3.13. The molecule has 1 aromatic heterocycles. The summed E-state index contributed by atoms with van der Waals surface area (Å²) in [6, 6.07) is 6.28. The highest BCUT2D eigenvalue weighted by molar-refractivity contribution is 6.32. The van der Waals surface area contributed by atoms with Crippen LogP contribution in [0.4, 0.5) is 10.1 Å². The largest absolute Gasteiger partial charge is 0.489 e. The van der Waals surface area contributed by atoms with Crippen LogP contribution in [-0.2, 0) is 11.2 Å². The zero-order valence-electron chi connectivity index (χ0n) is 15.1. The summed E-state index contributed by atoms with van der Waals surface area (Å²) in [5.41, 5.74) is 2.04. The summed E-state index contributed by atoms with van der Waals surface area (Å²) >= 11 is 6.32. The van der Waals surface area contributed by atoms with Gasteiger partial charge in [-0.05, 0) is 36.2 Å². The van der Waals surface area contributed by atoms with E-state index in [1.54, 1.807) is 18.2 Å². The average molecular weight is 416 g/mol. The van der Waals surface area contributed by atoms with Crippen LogP contribution in [0.15, 0.2) is 28.8 Å². The van der Waals surface area contributed by atoms with Gasteiger partial charge in [0.2, 0.25) is 11.7 Å². The normalized spacial score (nSPS) is 15.4. The topological polar surface area (TPSA) is 86.5 Å². The maximum absolute atomic E-state index is 14.6. The number of halogens is 2. The van der Waals surface area contributed by atoms with Crippen LogP contribution in [0.1, 0.15) is 18.4 Å². The number of aryl methyl sites for hydroxylation is 1. The molecule has 0 unspecified atom stereocenters. The summed E-state index contributed by atoms with van der Waals surface area (Å²) in [5.74, 6) is 0.601. The standard InChI is InChI=1S/C20H15ClFN3O4/c21-13-7-11(8-16-18(13)28-5-1-4-27-16)19-24-20(29-25-19)12-6-10-2-3-17(26)23-15(10)9-14(12)22/h6-9H,1-5H2,(H,23,26). The fraction of sp³-hybridized carbons (Fsp3) is 0.250. The van der Waals surface area contributed by atoms with Gasteiger partial charge in [0.25, 0.3) is 5.89 Å². The van der Waals surface area contributed by atoms with Crippen molar-refractivity contribution in [3.8, 4) is 34.3 Å². The van der Waals surface area contributed by atoms with Crippen LogP contribution in [0.2, 0.25) is 5.02 Å². The molecule has 2 aromatic carbocycles. The van der Waals surface area contributed by atoms with E-state index in [9.17, 15) is 9.18 Å². The van der Waals surface area contributed by atoms with Crippen LogP contribution in [0.25, 0.3) is 22.8 Å². The number of amides is 1. The zero-order chi connectivity index (χ0) is 20.0. The maximum Gasteiger partial charge on any atom is 0.261 e. The van der Waals surface area contributed by atoms with Gasteiger partial charge in [0.1, 0.15) is 5.82 Å². The van der Waals surface area contributed by atoms with E-state index in [0.29, 0.717) is 53.8 Å². The van der Waals surface area contributed by atoms with E-state index in [1.165, 1.54) is 6.07 Å². The smallest absolute Gasteiger partial charge is 0.261 e. The Labute approximate surface area is 169 Å². The Morgan fingerprint density at radius 1 is 1.10 bits per heavy atom.